The summed E-state index contributed by atoms with van der Waals surface area (Å²) in [6, 6.07) is 0. The standard InChI is InChI=1S/C10H16O4/c1-3-5-14-10(13)7-9(12)6-8(11)4-2/h3-7H2,1-2H3. The Bertz CT molecular complexity index is 220. The van der Waals surface area contributed by atoms with E-state index in [2.05, 4.69) is 0 Å². The summed E-state index contributed by atoms with van der Waals surface area (Å²) in [5.41, 5.74) is 0. The number of ketones is 2. The summed E-state index contributed by atoms with van der Waals surface area (Å²) >= 11 is 0. The van der Waals surface area contributed by atoms with Crippen LogP contribution >= 0.6 is 0 Å². The first kappa shape index (κ1) is 12.8. The van der Waals surface area contributed by atoms with Gasteiger partial charge in [0, 0.05) is 6.42 Å². The largest absolute Gasteiger partial charge is 0.465 e. The third-order valence-corrected chi connectivity index (χ3v) is 1.60. The lowest BCUT2D eigenvalue weighted by atomic mass is 10.1. The van der Waals surface area contributed by atoms with Crippen LogP contribution in [0.2, 0.25) is 0 Å². The van der Waals surface area contributed by atoms with E-state index in [1.165, 1.54) is 0 Å². The highest BCUT2D eigenvalue weighted by Crippen LogP contribution is 1.97. The first-order valence-electron chi connectivity index (χ1n) is 4.79. The molecule has 4 nitrogen and oxygen atoms in total. The molecule has 0 rings (SSSR count). The predicted molar refractivity (Wildman–Crippen MR) is 50.8 cm³/mol. The van der Waals surface area contributed by atoms with Crippen LogP contribution in [0.1, 0.15) is 39.5 Å². The Morgan fingerprint density at radius 2 is 1.64 bits per heavy atom. The second kappa shape index (κ2) is 7.24. The van der Waals surface area contributed by atoms with E-state index in [9.17, 15) is 14.4 Å². The summed E-state index contributed by atoms with van der Waals surface area (Å²) in [5.74, 6) is -1.04. The van der Waals surface area contributed by atoms with Crippen molar-refractivity contribution in [3.8, 4) is 0 Å². The Hall–Kier alpha value is -1.19. The minimum absolute atomic E-state index is 0.140. The monoisotopic (exact) mass is 200 g/mol. The number of hydrogen-bond acceptors (Lipinski definition) is 4. The van der Waals surface area contributed by atoms with Crippen LogP contribution in [0, 0.1) is 0 Å². The molecule has 4 heteroatoms. The zero-order valence-electron chi connectivity index (χ0n) is 8.67. The summed E-state index contributed by atoms with van der Waals surface area (Å²) in [7, 11) is 0. The molecule has 0 heterocycles. The summed E-state index contributed by atoms with van der Waals surface area (Å²) in [5, 5.41) is 0. The Labute approximate surface area is 83.6 Å². The second-order valence-corrected chi connectivity index (χ2v) is 3.00. The number of rotatable bonds is 7. The van der Waals surface area contributed by atoms with Crippen molar-refractivity contribution in [1.82, 2.24) is 0 Å². The Morgan fingerprint density at radius 3 is 2.14 bits per heavy atom. The lowest BCUT2D eigenvalue weighted by molar-refractivity contribution is -0.146. The van der Waals surface area contributed by atoms with Gasteiger partial charge in [0.1, 0.15) is 12.2 Å². The molecule has 0 unspecified atom stereocenters. The molecule has 0 saturated heterocycles. The topological polar surface area (TPSA) is 60.4 Å². The van der Waals surface area contributed by atoms with Gasteiger partial charge in [-0.15, -0.1) is 0 Å². The average Bonchev–Trinajstić information content (AvgIpc) is 2.14. The van der Waals surface area contributed by atoms with E-state index < -0.39 is 5.97 Å². The van der Waals surface area contributed by atoms with Gasteiger partial charge in [0.05, 0.1) is 13.0 Å². The van der Waals surface area contributed by atoms with E-state index in [1.807, 2.05) is 6.92 Å². The highest BCUT2D eigenvalue weighted by Gasteiger charge is 2.13. The van der Waals surface area contributed by atoms with Crippen molar-refractivity contribution < 1.29 is 19.1 Å². The molecule has 0 bridgehead atoms. The summed E-state index contributed by atoms with van der Waals surface area (Å²) in [6.45, 7) is 3.88. The molecule has 0 aromatic carbocycles. The Kier molecular flexibility index (Phi) is 6.62. The lowest BCUT2D eigenvalue weighted by Gasteiger charge is -2.01. The minimum Gasteiger partial charge on any atom is -0.465 e. The normalized spacial score (nSPS) is 9.57. The summed E-state index contributed by atoms with van der Waals surface area (Å²) in [4.78, 5) is 32.8. The van der Waals surface area contributed by atoms with E-state index in [0.717, 1.165) is 6.42 Å². The van der Waals surface area contributed by atoms with Gasteiger partial charge >= 0.3 is 5.97 Å². The number of carbonyl (C=O) groups excluding carboxylic acids is 3. The highest BCUT2D eigenvalue weighted by molar-refractivity contribution is 6.05. The van der Waals surface area contributed by atoms with Gasteiger partial charge in [0.15, 0.2) is 5.78 Å². The van der Waals surface area contributed by atoms with Crippen LogP contribution in [0.15, 0.2) is 0 Å². The lowest BCUT2D eigenvalue weighted by Crippen LogP contribution is -2.14. The molecule has 0 saturated carbocycles. The second-order valence-electron chi connectivity index (χ2n) is 3.00. The van der Waals surface area contributed by atoms with Gasteiger partial charge in [-0.05, 0) is 6.42 Å². The van der Waals surface area contributed by atoms with Crippen molar-refractivity contribution in [1.29, 1.82) is 0 Å². The van der Waals surface area contributed by atoms with E-state index in [-0.39, 0.29) is 24.4 Å². The first-order chi connectivity index (χ1) is 6.60. The molecule has 0 aromatic rings. The minimum atomic E-state index is -0.541. The van der Waals surface area contributed by atoms with Crippen molar-refractivity contribution in [2.45, 2.75) is 39.5 Å². The molecule has 0 atom stereocenters. The molecule has 0 aliphatic carbocycles. The van der Waals surface area contributed by atoms with Crippen LogP contribution in [0.5, 0.6) is 0 Å². The van der Waals surface area contributed by atoms with Crippen LogP contribution in [-0.4, -0.2) is 24.1 Å². The van der Waals surface area contributed by atoms with Crippen molar-refractivity contribution >= 4 is 17.5 Å². The van der Waals surface area contributed by atoms with E-state index >= 15 is 0 Å². The van der Waals surface area contributed by atoms with Gasteiger partial charge < -0.3 is 4.74 Å². The van der Waals surface area contributed by atoms with Gasteiger partial charge in [-0.25, -0.2) is 0 Å². The van der Waals surface area contributed by atoms with Gasteiger partial charge in [0.25, 0.3) is 0 Å². The van der Waals surface area contributed by atoms with E-state index in [4.69, 9.17) is 4.74 Å². The molecule has 0 radical (unpaired) electrons. The smallest absolute Gasteiger partial charge is 0.313 e. The van der Waals surface area contributed by atoms with Crippen LogP contribution in [0.3, 0.4) is 0 Å². The Morgan fingerprint density at radius 1 is 1.00 bits per heavy atom. The molecule has 0 N–H and O–H groups in total. The number of esters is 1. The summed E-state index contributed by atoms with van der Waals surface area (Å²) < 4.78 is 4.71. The molecule has 14 heavy (non-hydrogen) atoms. The van der Waals surface area contributed by atoms with Gasteiger partial charge in [0.2, 0.25) is 0 Å². The van der Waals surface area contributed by atoms with Crippen molar-refractivity contribution in [2.24, 2.45) is 0 Å². The van der Waals surface area contributed by atoms with Crippen molar-refractivity contribution in [3.05, 3.63) is 0 Å². The fourth-order valence-corrected chi connectivity index (χ4v) is 0.835. The van der Waals surface area contributed by atoms with Crippen molar-refractivity contribution in [2.75, 3.05) is 6.61 Å². The molecular formula is C10H16O4. The zero-order chi connectivity index (χ0) is 11.0. The third kappa shape index (κ3) is 6.34. The van der Waals surface area contributed by atoms with Crippen LogP contribution < -0.4 is 0 Å². The highest BCUT2D eigenvalue weighted by atomic mass is 16.5. The quantitative estimate of drug-likeness (QED) is 0.458. The number of Topliss-reactive ketones (excluding diaryl/α,β-unsaturated/α-hetero) is 2. The number of hydrogen-bond donors (Lipinski definition) is 0. The maximum absolute atomic E-state index is 11.1. The SMILES string of the molecule is CCCOC(=O)CC(=O)CC(=O)CC. The molecular weight excluding hydrogens is 184 g/mol. The molecule has 0 amide bonds. The fourth-order valence-electron chi connectivity index (χ4n) is 0.835. The average molecular weight is 200 g/mol. The maximum Gasteiger partial charge on any atom is 0.313 e. The van der Waals surface area contributed by atoms with Gasteiger partial charge in [-0.1, -0.05) is 13.8 Å². The van der Waals surface area contributed by atoms with Gasteiger partial charge in [-0.3, -0.25) is 14.4 Å². The van der Waals surface area contributed by atoms with E-state index in [1.54, 1.807) is 6.92 Å². The predicted octanol–water partition coefficient (Wildman–Crippen LogP) is 1.27. The molecule has 80 valence electrons. The van der Waals surface area contributed by atoms with Crippen LogP contribution in [0.25, 0.3) is 0 Å². The molecule has 0 spiro atoms. The third-order valence-electron chi connectivity index (χ3n) is 1.60. The summed E-state index contributed by atoms with van der Waals surface area (Å²) in [6.07, 6.45) is 0.618. The maximum atomic E-state index is 11.1. The van der Waals surface area contributed by atoms with Crippen molar-refractivity contribution in [3.63, 3.8) is 0 Å². The zero-order valence-corrected chi connectivity index (χ0v) is 8.67. The number of carbonyl (C=O) groups is 3. The van der Waals surface area contributed by atoms with Crippen LogP contribution in [0.4, 0.5) is 0 Å². The molecule has 0 fully saturated rings. The first-order valence-corrected chi connectivity index (χ1v) is 4.79. The van der Waals surface area contributed by atoms with E-state index in [0.29, 0.717) is 13.0 Å². The Balaban J connectivity index is 3.71. The molecule has 0 aliphatic heterocycles. The fraction of sp³-hybridized carbons (Fsp3) is 0.700. The molecule has 0 aliphatic rings. The molecule has 0 aromatic heterocycles. The van der Waals surface area contributed by atoms with Crippen LogP contribution in [-0.2, 0) is 19.1 Å². The van der Waals surface area contributed by atoms with Gasteiger partial charge in [-0.2, -0.15) is 0 Å². The number of ether oxygens (including phenoxy) is 1.